The molecule has 5 nitrogen and oxygen atoms in total. The summed E-state index contributed by atoms with van der Waals surface area (Å²) in [4.78, 5) is 21.5. The lowest BCUT2D eigenvalue weighted by atomic mass is 10.0. The van der Waals surface area contributed by atoms with Crippen molar-refractivity contribution in [2.24, 2.45) is 0 Å². The van der Waals surface area contributed by atoms with Gasteiger partial charge >= 0.3 is 0 Å². The number of carbonyl (C=O) groups is 1. The minimum absolute atomic E-state index is 0.145. The zero-order valence-electron chi connectivity index (χ0n) is 11.1. The third-order valence-corrected chi connectivity index (χ3v) is 5.05. The maximum absolute atomic E-state index is 11.9. The van der Waals surface area contributed by atoms with Crippen molar-refractivity contribution >= 4 is 22.4 Å². The molecule has 0 aromatic carbocycles. The molecule has 1 atom stereocenters. The SMILES string of the molecule is CN1CCCN(c2nc3c(s2)CCCC3O)CC1=O. The highest BCUT2D eigenvalue weighted by Crippen LogP contribution is 2.36. The molecule has 1 aromatic heterocycles. The minimum Gasteiger partial charge on any atom is -0.387 e. The number of rotatable bonds is 1. The molecule has 1 aromatic rings. The maximum atomic E-state index is 11.9. The molecule has 1 unspecified atom stereocenters. The van der Waals surface area contributed by atoms with Crippen LogP contribution in [0.5, 0.6) is 0 Å². The van der Waals surface area contributed by atoms with Crippen LogP contribution in [0.25, 0.3) is 0 Å². The first-order valence-corrected chi connectivity index (χ1v) is 7.63. The quantitative estimate of drug-likeness (QED) is 0.840. The number of amides is 1. The molecule has 19 heavy (non-hydrogen) atoms. The van der Waals surface area contributed by atoms with Gasteiger partial charge in [-0.15, -0.1) is 11.3 Å². The van der Waals surface area contributed by atoms with E-state index >= 15 is 0 Å². The van der Waals surface area contributed by atoms with E-state index in [2.05, 4.69) is 9.88 Å². The van der Waals surface area contributed by atoms with Gasteiger partial charge in [-0.05, 0) is 25.7 Å². The second-order valence-corrected chi connectivity index (χ2v) is 6.37. The lowest BCUT2D eigenvalue weighted by Crippen LogP contribution is -2.34. The molecule has 2 heterocycles. The summed E-state index contributed by atoms with van der Waals surface area (Å²) in [6.45, 7) is 2.07. The van der Waals surface area contributed by atoms with Crippen molar-refractivity contribution in [3.8, 4) is 0 Å². The van der Waals surface area contributed by atoms with Gasteiger partial charge < -0.3 is 14.9 Å². The summed E-state index contributed by atoms with van der Waals surface area (Å²) in [5.41, 5.74) is 0.844. The summed E-state index contributed by atoms with van der Waals surface area (Å²) in [7, 11) is 1.85. The number of aryl methyl sites for hydroxylation is 1. The Kier molecular flexibility index (Phi) is 3.45. The van der Waals surface area contributed by atoms with Crippen molar-refractivity contribution < 1.29 is 9.90 Å². The van der Waals surface area contributed by atoms with Crippen LogP contribution in [0, 0.1) is 0 Å². The molecule has 0 bridgehead atoms. The summed E-state index contributed by atoms with van der Waals surface area (Å²) in [5.74, 6) is 0.145. The Morgan fingerprint density at radius 3 is 3.00 bits per heavy atom. The molecular weight excluding hydrogens is 262 g/mol. The van der Waals surface area contributed by atoms with Gasteiger partial charge in [-0.1, -0.05) is 0 Å². The monoisotopic (exact) mass is 281 g/mol. The average Bonchev–Trinajstić information content (AvgIpc) is 2.75. The summed E-state index contributed by atoms with van der Waals surface area (Å²) < 4.78 is 0. The molecule has 1 aliphatic heterocycles. The number of hydrogen-bond donors (Lipinski definition) is 1. The average molecular weight is 281 g/mol. The van der Waals surface area contributed by atoms with Gasteiger partial charge in [-0.2, -0.15) is 0 Å². The molecular formula is C13H19N3O2S. The van der Waals surface area contributed by atoms with Crippen LogP contribution in [0.4, 0.5) is 5.13 Å². The summed E-state index contributed by atoms with van der Waals surface area (Å²) in [6.07, 6.45) is 3.38. The molecule has 1 fully saturated rings. The number of aromatic nitrogens is 1. The molecule has 6 heteroatoms. The Labute approximate surface area is 116 Å². The Morgan fingerprint density at radius 2 is 2.21 bits per heavy atom. The lowest BCUT2D eigenvalue weighted by molar-refractivity contribution is -0.127. The van der Waals surface area contributed by atoms with Crippen molar-refractivity contribution in [3.63, 3.8) is 0 Å². The fourth-order valence-electron chi connectivity index (χ4n) is 2.67. The minimum atomic E-state index is -0.417. The van der Waals surface area contributed by atoms with Gasteiger partial charge in [0.25, 0.3) is 0 Å². The largest absolute Gasteiger partial charge is 0.387 e. The fourth-order valence-corrected chi connectivity index (χ4v) is 3.85. The third-order valence-electron chi connectivity index (χ3n) is 3.86. The molecule has 0 spiro atoms. The van der Waals surface area contributed by atoms with Gasteiger partial charge in [0.2, 0.25) is 5.91 Å². The molecule has 1 amide bonds. The Bertz CT molecular complexity index is 488. The van der Waals surface area contributed by atoms with Crippen LogP contribution in [-0.2, 0) is 11.2 Å². The van der Waals surface area contributed by atoms with Crippen molar-refractivity contribution in [1.29, 1.82) is 0 Å². The topological polar surface area (TPSA) is 56.7 Å². The highest BCUT2D eigenvalue weighted by Gasteiger charge is 2.27. The first-order valence-electron chi connectivity index (χ1n) is 6.81. The first kappa shape index (κ1) is 12.9. The van der Waals surface area contributed by atoms with Crippen LogP contribution in [0.2, 0.25) is 0 Å². The molecule has 3 rings (SSSR count). The molecule has 2 aliphatic rings. The normalized spacial score (nSPS) is 24.3. The highest BCUT2D eigenvalue weighted by atomic mass is 32.1. The molecule has 1 saturated heterocycles. The standard InChI is InChI=1S/C13H19N3O2S/c1-15-6-3-7-16(8-11(15)18)13-14-12-9(17)4-2-5-10(12)19-13/h9,17H,2-8H2,1H3. The smallest absolute Gasteiger partial charge is 0.241 e. The number of aliphatic hydroxyl groups is 1. The summed E-state index contributed by atoms with van der Waals surface area (Å²) in [6, 6.07) is 0. The lowest BCUT2D eigenvalue weighted by Gasteiger charge is -2.18. The van der Waals surface area contributed by atoms with E-state index < -0.39 is 6.10 Å². The van der Waals surface area contributed by atoms with Crippen molar-refractivity contribution in [2.45, 2.75) is 31.8 Å². The van der Waals surface area contributed by atoms with E-state index in [1.54, 1.807) is 16.2 Å². The van der Waals surface area contributed by atoms with Gasteiger partial charge in [0.05, 0.1) is 18.3 Å². The van der Waals surface area contributed by atoms with Gasteiger partial charge in [0, 0.05) is 25.0 Å². The first-order chi connectivity index (χ1) is 9.15. The van der Waals surface area contributed by atoms with Gasteiger partial charge in [0.15, 0.2) is 5.13 Å². The van der Waals surface area contributed by atoms with E-state index in [0.29, 0.717) is 6.54 Å². The van der Waals surface area contributed by atoms with Crippen molar-refractivity contribution in [3.05, 3.63) is 10.6 Å². The molecule has 104 valence electrons. The van der Waals surface area contributed by atoms with E-state index in [4.69, 9.17) is 0 Å². The zero-order valence-corrected chi connectivity index (χ0v) is 11.9. The number of aliphatic hydroxyl groups excluding tert-OH is 1. The van der Waals surface area contributed by atoms with Gasteiger partial charge in [-0.3, -0.25) is 4.79 Å². The molecule has 1 aliphatic carbocycles. The van der Waals surface area contributed by atoms with E-state index in [-0.39, 0.29) is 5.91 Å². The number of carbonyl (C=O) groups excluding carboxylic acids is 1. The third kappa shape index (κ3) is 2.47. The van der Waals surface area contributed by atoms with E-state index in [9.17, 15) is 9.90 Å². The summed E-state index contributed by atoms with van der Waals surface area (Å²) >= 11 is 1.64. The maximum Gasteiger partial charge on any atom is 0.241 e. The van der Waals surface area contributed by atoms with Crippen LogP contribution in [0.3, 0.4) is 0 Å². The highest BCUT2D eigenvalue weighted by molar-refractivity contribution is 7.15. The van der Waals surface area contributed by atoms with Crippen molar-refractivity contribution in [1.82, 2.24) is 9.88 Å². The number of hydrogen-bond acceptors (Lipinski definition) is 5. The predicted octanol–water partition coefficient (Wildman–Crippen LogP) is 1.18. The van der Waals surface area contributed by atoms with E-state index in [1.165, 1.54) is 4.88 Å². The number of fused-ring (bicyclic) bond motifs is 1. The van der Waals surface area contributed by atoms with Crippen molar-refractivity contribution in [2.75, 3.05) is 31.6 Å². The van der Waals surface area contributed by atoms with Gasteiger partial charge in [0.1, 0.15) is 0 Å². The number of anilines is 1. The molecule has 0 saturated carbocycles. The van der Waals surface area contributed by atoms with Crippen LogP contribution in [0.15, 0.2) is 0 Å². The van der Waals surface area contributed by atoms with E-state index in [1.807, 2.05) is 7.05 Å². The second kappa shape index (κ2) is 5.09. The van der Waals surface area contributed by atoms with Crippen LogP contribution < -0.4 is 4.90 Å². The van der Waals surface area contributed by atoms with Crippen LogP contribution in [-0.4, -0.2) is 47.6 Å². The van der Waals surface area contributed by atoms with Crippen LogP contribution >= 0.6 is 11.3 Å². The number of likely N-dealkylation sites (N-methyl/N-ethyl adjacent to an activating group) is 1. The molecule has 0 radical (unpaired) electrons. The zero-order chi connectivity index (χ0) is 13.4. The second-order valence-electron chi connectivity index (χ2n) is 5.30. The van der Waals surface area contributed by atoms with E-state index in [0.717, 1.165) is 49.6 Å². The molecule has 1 N–H and O–H groups in total. The Balaban J connectivity index is 1.84. The summed E-state index contributed by atoms with van der Waals surface area (Å²) in [5, 5.41) is 10.9. The fraction of sp³-hybridized carbons (Fsp3) is 0.692. The number of nitrogens with zero attached hydrogens (tertiary/aromatic N) is 3. The Hall–Kier alpha value is -1.14. The Morgan fingerprint density at radius 1 is 1.37 bits per heavy atom. The van der Waals surface area contributed by atoms with Crippen LogP contribution in [0.1, 0.15) is 35.9 Å². The number of thiazole rings is 1. The van der Waals surface area contributed by atoms with Gasteiger partial charge in [-0.25, -0.2) is 4.98 Å². The predicted molar refractivity (Wildman–Crippen MR) is 74.5 cm³/mol.